The average molecular weight is 177 g/mol. The van der Waals surface area contributed by atoms with Gasteiger partial charge in [0.15, 0.2) is 0 Å². The van der Waals surface area contributed by atoms with Crippen molar-refractivity contribution in [3.63, 3.8) is 0 Å². The van der Waals surface area contributed by atoms with E-state index in [2.05, 4.69) is 0 Å². The van der Waals surface area contributed by atoms with Crippen LogP contribution < -0.4 is 0 Å². The first-order valence-electron chi connectivity index (χ1n) is 4.48. The molecule has 3 heteroatoms. The van der Waals surface area contributed by atoms with Gasteiger partial charge in [0.25, 0.3) is 5.91 Å². The van der Waals surface area contributed by atoms with Gasteiger partial charge in [0, 0.05) is 12.2 Å². The highest BCUT2D eigenvalue weighted by Gasteiger charge is 2.42. The molecule has 1 unspecified atom stereocenters. The summed E-state index contributed by atoms with van der Waals surface area (Å²) in [5, 5.41) is 0. The van der Waals surface area contributed by atoms with Crippen LogP contribution in [-0.2, 0) is 9.59 Å². The number of likely N-dealkylation sites (N-methyl/N-ethyl adjacent to an activating group) is 1. The standard InChI is InChI=1S/C10H11NO2/c1-2-11-8-6-4-3-5-7(8)9(12)10(11)13/h3-4,6-7H,2,5H2,1H3. The molecule has 1 amide bonds. The molecule has 1 heterocycles. The van der Waals surface area contributed by atoms with Gasteiger partial charge in [0.05, 0.1) is 5.92 Å². The van der Waals surface area contributed by atoms with Gasteiger partial charge in [-0.2, -0.15) is 0 Å². The fourth-order valence-electron chi connectivity index (χ4n) is 1.86. The molecule has 2 rings (SSSR count). The Morgan fingerprint density at radius 3 is 3.00 bits per heavy atom. The Kier molecular flexibility index (Phi) is 1.79. The zero-order valence-electron chi connectivity index (χ0n) is 7.49. The van der Waals surface area contributed by atoms with Gasteiger partial charge in [-0.25, -0.2) is 0 Å². The summed E-state index contributed by atoms with van der Waals surface area (Å²) in [6.07, 6.45) is 6.37. The molecule has 0 aromatic heterocycles. The molecule has 0 aromatic rings. The van der Waals surface area contributed by atoms with Gasteiger partial charge in [-0.05, 0) is 19.4 Å². The third kappa shape index (κ3) is 1.03. The van der Waals surface area contributed by atoms with E-state index < -0.39 is 0 Å². The molecule has 2 aliphatic rings. The molecular weight excluding hydrogens is 166 g/mol. The van der Waals surface area contributed by atoms with Crippen molar-refractivity contribution in [3.05, 3.63) is 23.9 Å². The van der Waals surface area contributed by atoms with Crippen molar-refractivity contribution >= 4 is 11.7 Å². The summed E-state index contributed by atoms with van der Waals surface area (Å²) in [5.41, 5.74) is 0.875. The molecular formula is C10H11NO2. The number of allylic oxidation sites excluding steroid dienone is 4. The maximum absolute atomic E-state index is 11.4. The number of amides is 1. The van der Waals surface area contributed by atoms with E-state index in [1.54, 1.807) is 4.90 Å². The van der Waals surface area contributed by atoms with Crippen LogP contribution in [-0.4, -0.2) is 23.1 Å². The van der Waals surface area contributed by atoms with Crippen LogP contribution in [0.15, 0.2) is 23.9 Å². The maximum Gasteiger partial charge on any atom is 0.294 e. The molecule has 0 aromatic carbocycles. The second kappa shape index (κ2) is 2.83. The summed E-state index contributed by atoms with van der Waals surface area (Å²) in [6, 6.07) is 0. The highest BCUT2D eigenvalue weighted by atomic mass is 16.2. The van der Waals surface area contributed by atoms with Gasteiger partial charge in [0.1, 0.15) is 0 Å². The minimum Gasteiger partial charge on any atom is -0.309 e. The van der Waals surface area contributed by atoms with E-state index in [9.17, 15) is 9.59 Å². The molecule has 1 aliphatic carbocycles. The summed E-state index contributed by atoms with van der Waals surface area (Å²) in [6.45, 7) is 2.47. The van der Waals surface area contributed by atoms with Gasteiger partial charge < -0.3 is 4.90 Å². The van der Waals surface area contributed by atoms with Crippen LogP contribution in [0.1, 0.15) is 13.3 Å². The number of nitrogens with zero attached hydrogens (tertiary/aromatic N) is 1. The van der Waals surface area contributed by atoms with E-state index in [4.69, 9.17) is 0 Å². The van der Waals surface area contributed by atoms with Crippen LogP contribution in [0.3, 0.4) is 0 Å². The van der Waals surface area contributed by atoms with E-state index in [0.29, 0.717) is 13.0 Å². The van der Waals surface area contributed by atoms with Crippen molar-refractivity contribution in [2.75, 3.05) is 6.54 Å². The molecule has 1 atom stereocenters. The number of hydrogen-bond acceptors (Lipinski definition) is 2. The molecule has 3 nitrogen and oxygen atoms in total. The summed E-state index contributed by atoms with van der Waals surface area (Å²) in [5.74, 6) is -0.794. The van der Waals surface area contributed by atoms with Gasteiger partial charge in [-0.1, -0.05) is 12.2 Å². The van der Waals surface area contributed by atoms with Crippen LogP contribution >= 0.6 is 0 Å². The predicted octanol–water partition coefficient (Wildman–Crippen LogP) is 0.878. The van der Waals surface area contributed by atoms with Gasteiger partial charge in [-0.3, -0.25) is 9.59 Å². The molecule has 1 aliphatic heterocycles. The molecule has 0 radical (unpaired) electrons. The van der Waals surface area contributed by atoms with Crippen molar-refractivity contribution in [2.24, 2.45) is 5.92 Å². The number of carbonyl (C=O) groups excluding carboxylic acids is 2. The summed E-state index contributed by atoms with van der Waals surface area (Å²) < 4.78 is 0. The smallest absolute Gasteiger partial charge is 0.294 e. The SMILES string of the molecule is CCN1C(=O)C(=O)C2CC=CC=C21. The highest BCUT2D eigenvalue weighted by molar-refractivity contribution is 6.40. The fraction of sp³-hybridized carbons (Fsp3) is 0.400. The zero-order valence-corrected chi connectivity index (χ0v) is 7.49. The first-order chi connectivity index (χ1) is 6.25. The van der Waals surface area contributed by atoms with E-state index in [-0.39, 0.29) is 17.6 Å². The highest BCUT2D eigenvalue weighted by Crippen LogP contribution is 2.31. The minimum absolute atomic E-state index is 0.197. The number of rotatable bonds is 1. The summed E-state index contributed by atoms with van der Waals surface area (Å²) >= 11 is 0. The monoisotopic (exact) mass is 177 g/mol. The van der Waals surface area contributed by atoms with Crippen LogP contribution in [0, 0.1) is 5.92 Å². The Hall–Kier alpha value is -1.38. The van der Waals surface area contributed by atoms with Crippen molar-refractivity contribution in [1.29, 1.82) is 0 Å². The molecule has 1 saturated heterocycles. The topological polar surface area (TPSA) is 37.4 Å². The van der Waals surface area contributed by atoms with Gasteiger partial charge in [-0.15, -0.1) is 0 Å². The van der Waals surface area contributed by atoms with Gasteiger partial charge in [0.2, 0.25) is 5.78 Å². The van der Waals surface area contributed by atoms with Crippen molar-refractivity contribution < 1.29 is 9.59 Å². The van der Waals surface area contributed by atoms with Crippen LogP contribution in [0.4, 0.5) is 0 Å². The number of Topliss-reactive ketones (excluding diaryl/α,β-unsaturated/α-hetero) is 1. The lowest BCUT2D eigenvalue weighted by Crippen LogP contribution is -2.25. The van der Waals surface area contributed by atoms with E-state index in [1.165, 1.54) is 0 Å². The van der Waals surface area contributed by atoms with E-state index in [1.807, 2.05) is 25.2 Å². The molecule has 13 heavy (non-hydrogen) atoms. The lowest BCUT2D eigenvalue weighted by Gasteiger charge is -2.17. The molecule has 1 fully saturated rings. The second-order valence-electron chi connectivity index (χ2n) is 3.22. The number of fused-ring (bicyclic) bond motifs is 1. The lowest BCUT2D eigenvalue weighted by molar-refractivity contribution is -0.140. The average Bonchev–Trinajstić information content (AvgIpc) is 2.41. The number of hydrogen-bond donors (Lipinski definition) is 0. The normalized spacial score (nSPS) is 26.4. The number of carbonyl (C=O) groups is 2. The Morgan fingerprint density at radius 2 is 2.31 bits per heavy atom. The minimum atomic E-state index is -0.345. The molecule has 0 bridgehead atoms. The van der Waals surface area contributed by atoms with Crippen molar-refractivity contribution in [3.8, 4) is 0 Å². The summed E-state index contributed by atoms with van der Waals surface area (Å²) in [4.78, 5) is 24.4. The first kappa shape index (κ1) is 8.23. The fourth-order valence-corrected chi connectivity index (χ4v) is 1.86. The predicted molar refractivity (Wildman–Crippen MR) is 47.7 cm³/mol. The lowest BCUT2D eigenvalue weighted by atomic mass is 9.96. The van der Waals surface area contributed by atoms with Crippen molar-refractivity contribution in [2.45, 2.75) is 13.3 Å². The largest absolute Gasteiger partial charge is 0.309 e. The Bertz CT molecular complexity index is 322. The van der Waals surface area contributed by atoms with Gasteiger partial charge >= 0.3 is 0 Å². The second-order valence-corrected chi connectivity index (χ2v) is 3.22. The zero-order chi connectivity index (χ0) is 9.42. The van der Waals surface area contributed by atoms with E-state index >= 15 is 0 Å². The van der Waals surface area contributed by atoms with Crippen molar-refractivity contribution in [1.82, 2.24) is 4.90 Å². The molecule has 0 N–H and O–H groups in total. The van der Waals surface area contributed by atoms with Crippen LogP contribution in [0.5, 0.6) is 0 Å². The Morgan fingerprint density at radius 1 is 1.54 bits per heavy atom. The maximum atomic E-state index is 11.4. The van der Waals surface area contributed by atoms with Crippen LogP contribution in [0.25, 0.3) is 0 Å². The third-order valence-corrected chi connectivity index (χ3v) is 2.53. The number of ketones is 1. The molecule has 0 spiro atoms. The Balaban J connectivity index is 2.41. The Labute approximate surface area is 76.7 Å². The molecule has 0 saturated carbocycles. The quantitative estimate of drug-likeness (QED) is 0.557. The molecule has 68 valence electrons. The first-order valence-corrected chi connectivity index (χ1v) is 4.48. The summed E-state index contributed by atoms with van der Waals surface area (Å²) in [7, 11) is 0. The number of likely N-dealkylation sites (tertiary alicyclic amines) is 1. The van der Waals surface area contributed by atoms with Crippen LogP contribution in [0.2, 0.25) is 0 Å². The third-order valence-electron chi connectivity index (χ3n) is 2.53. The van der Waals surface area contributed by atoms with E-state index in [0.717, 1.165) is 5.70 Å².